The summed E-state index contributed by atoms with van der Waals surface area (Å²) in [5, 5.41) is 18.1. The average Bonchev–Trinajstić information content (AvgIpc) is 2.34. The third-order valence-electron chi connectivity index (χ3n) is 2.84. The lowest BCUT2D eigenvalue weighted by Gasteiger charge is -2.19. The second kappa shape index (κ2) is 6.47. The second-order valence-electron chi connectivity index (χ2n) is 5.08. The maximum absolute atomic E-state index is 13.0. The van der Waals surface area contributed by atoms with Gasteiger partial charge < -0.3 is 10.2 Å². The highest BCUT2D eigenvalue weighted by Crippen LogP contribution is 2.37. The largest absolute Gasteiger partial charge is 0.478 e. The number of hydrogen-bond donors (Lipinski definition) is 2. The monoisotopic (exact) mass is 341 g/mol. The Hall–Kier alpha value is -2.26. The molecule has 1 heterocycles. The van der Waals surface area contributed by atoms with E-state index in [9.17, 15) is 31.5 Å². The van der Waals surface area contributed by atoms with Crippen LogP contribution >= 0.6 is 0 Å². The van der Waals surface area contributed by atoms with Crippen molar-refractivity contribution < 1.29 is 41.8 Å². The summed E-state index contributed by atoms with van der Waals surface area (Å²) in [6.07, 6.45) is -9.36. The van der Waals surface area contributed by atoms with Gasteiger partial charge in [-0.25, -0.2) is 23.4 Å². The van der Waals surface area contributed by atoms with Crippen LogP contribution in [0.15, 0.2) is 0 Å². The van der Waals surface area contributed by atoms with E-state index in [1.165, 1.54) is 13.8 Å². The van der Waals surface area contributed by atoms with Crippen molar-refractivity contribution in [3.8, 4) is 0 Å². The van der Waals surface area contributed by atoms with E-state index in [0.29, 0.717) is 0 Å². The summed E-state index contributed by atoms with van der Waals surface area (Å²) in [5.41, 5.74) is -7.03. The van der Waals surface area contributed by atoms with Crippen molar-refractivity contribution in [2.45, 2.75) is 32.9 Å². The molecule has 1 rings (SSSR count). The fraction of sp³-hybridized carbons (Fsp3) is 0.462. The number of carboxylic acids is 2. The van der Waals surface area contributed by atoms with Crippen LogP contribution in [0.1, 0.15) is 57.9 Å². The minimum atomic E-state index is -5.32. The van der Waals surface area contributed by atoms with Crippen molar-refractivity contribution in [2.75, 3.05) is 0 Å². The lowest BCUT2D eigenvalue weighted by Crippen LogP contribution is -2.24. The molecule has 0 saturated heterocycles. The van der Waals surface area contributed by atoms with E-state index >= 15 is 0 Å². The predicted molar refractivity (Wildman–Crippen MR) is 66.7 cm³/mol. The van der Waals surface area contributed by atoms with Crippen LogP contribution in [0.4, 0.5) is 22.0 Å². The number of rotatable bonds is 5. The van der Waals surface area contributed by atoms with Crippen LogP contribution in [0.25, 0.3) is 0 Å². The van der Waals surface area contributed by atoms with E-state index in [0.717, 1.165) is 0 Å². The molecular formula is C13H12F5NO4. The molecular weight excluding hydrogens is 329 g/mol. The molecule has 1 aromatic heterocycles. The molecule has 0 atom stereocenters. The van der Waals surface area contributed by atoms with Gasteiger partial charge in [-0.1, -0.05) is 13.8 Å². The molecule has 0 aliphatic rings. The summed E-state index contributed by atoms with van der Waals surface area (Å²) in [5.74, 6) is -4.51. The molecule has 0 amide bonds. The van der Waals surface area contributed by atoms with Gasteiger partial charge in [0.05, 0.1) is 11.1 Å². The maximum atomic E-state index is 13.0. The molecule has 0 bridgehead atoms. The van der Waals surface area contributed by atoms with Gasteiger partial charge in [-0.3, -0.25) is 0 Å². The van der Waals surface area contributed by atoms with Crippen LogP contribution in [0.5, 0.6) is 0 Å². The molecule has 0 spiro atoms. The Kier molecular flexibility index (Phi) is 5.28. The average molecular weight is 341 g/mol. The zero-order chi connectivity index (χ0) is 18.1. The van der Waals surface area contributed by atoms with Gasteiger partial charge in [-0.2, -0.15) is 13.2 Å². The Bertz CT molecular complexity index is 640. The van der Waals surface area contributed by atoms with Gasteiger partial charge in [-0.05, 0) is 17.9 Å². The predicted octanol–water partition coefficient (Wildman–Crippen LogP) is 3.63. The number of hydrogen-bond acceptors (Lipinski definition) is 3. The Morgan fingerprint density at radius 2 is 1.57 bits per heavy atom. The molecule has 0 unspecified atom stereocenters. The fourth-order valence-electron chi connectivity index (χ4n) is 2.10. The standard InChI is InChI=1S/C13H12F5NO4/c1-4(2)3-5-6(11(20)21)8(10(14)15)19-9(13(16,17)18)7(5)12(22)23/h4,10H,3H2,1-2H3,(H,20,21)(H,22,23). The third kappa shape index (κ3) is 3.93. The summed E-state index contributed by atoms with van der Waals surface area (Å²) < 4.78 is 64.9. The second-order valence-corrected chi connectivity index (χ2v) is 5.08. The number of nitrogens with zero attached hydrogens (tertiary/aromatic N) is 1. The summed E-state index contributed by atoms with van der Waals surface area (Å²) >= 11 is 0. The van der Waals surface area contributed by atoms with E-state index < -0.39 is 65.0 Å². The van der Waals surface area contributed by atoms with Crippen molar-refractivity contribution >= 4 is 11.9 Å². The van der Waals surface area contributed by atoms with Crippen molar-refractivity contribution in [3.05, 3.63) is 28.1 Å². The molecule has 0 radical (unpaired) electrons. The number of alkyl halides is 5. The molecule has 5 nitrogen and oxygen atoms in total. The highest BCUT2D eigenvalue weighted by atomic mass is 19.4. The van der Waals surface area contributed by atoms with Gasteiger partial charge in [0.2, 0.25) is 0 Å². The van der Waals surface area contributed by atoms with Crippen molar-refractivity contribution in [1.82, 2.24) is 4.98 Å². The van der Waals surface area contributed by atoms with Crippen LogP contribution in [0.3, 0.4) is 0 Å². The molecule has 0 aliphatic carbocycles. The Balaban J connectivity index is 4.00. The first-order chi connectivity index (χ1) is 10.4. The number of pyridine rings is 1. The van der Waals surface area contributed by atoms with E-state index in [4.69, 9.17) is 10.2 Å². The molecule has 0 aliphatic heterocycles. The first kappa shape index (κ1) is 18.8. The first-order valence-electron chi connectivity index (χ1n) is 6.26. The van der Waals surface area contributed by atoms with Gasteiger partial charge in [0, 0.05) is 0 Å². The van der Waals surface area contributed by atoms with E-state index in [-0.39, 0.29) is 0 Å². The topological polar surface area (TPSA) is 87.5 Å². The zero-order valence-electron chi connectivity index (χ0n) is 11.9. The van der Waals surface area contributed by atoms with Crippen LogP contribution in [-0.2, 0) is 12.6 Å². The number of aromatic nitrogens is 1. The molecule has 23 heavy (non-hydrogen) atoms. The Labute approximate surface area is 126 Å². The maximum Gasteiger partial charge on any atom is 0.434 e. The SMILES string of the molecule is CC(C)Cc1c(C(=O)O)c(C(F)F)nc(C(F)(F)F)c1C(=O)O. The molecule has 0 fully saturated rings. The van der Waals surface area contributed by atoms with Crippen molar-refractivity contribution in [3.63, 3.8) is 0 Å². The lowest BCUT2D eigenvalue weighted by molar-refractivity contribution is -0.142. The first-order valence-corrected chi connectivity index (χ1v) is 6.26. The zero-order valence-corrected chi connectivity index (χ0v) is 11.9. The summed E-state index contributed by atoms with van der Waals surface area (Å²) in [6, 6.07) is 0. The molecule has 0 aromatic carbocycles. The summed E-state index contributed by atoms with van der Waals surface area (Å²) in [7, 11) is 0. The summed E-state index contributed by atoms with van der Waals surface area (Å²) in [6.45, 7) is 2.96. The normalized spacial score (nSPS) is 12.0. The fourth-order valence-corrected chi connectivity index (χ4v) is 2.10. The van der Waals surface area contributed by atoms with Crippen molar-refractivity contribution in [2.24, 2.45) is 5.92 Å². The van der Waals surface area contributed by atoms with Gasteiger partial charge >= 0.3 is 18.1 Å². The van der Waals surface area contributed by atoms with Gasteiger partial charge in [-0.15, -0.1) is 0 Å². The molecule has 0 saturated carbocycles. The quantitative estimate of drug-likeness (QED) is 0.799. The van der Waals surface area contributed by atoms with Gasteiger partial charge in [0.25, 0.3) is 6.43 Å². The van der Waals surface area contributed by atoms with Crippen LogP contribution in [0.2, 0.25) is 0 Å². The molecule has 1 aromatic rings. The number of carboxylic acid groups (broad SMARTS) is 2. The van der Waals surface area contributed by atoms with Crippen molar-refractivity contribution in [1.29, 1.82) is 0 Å². The minimum absolute atomic E-state index is 0.436. The molecule has 128 valence electrons. The third-order valence-corrected chi connectivity index (χ3v) is 2.84. The molecule has 10 heteroatoms. The van der Waals surface area contributed by atoms with E-state index in [2.05, 4.69) is 4.98 Å². The Morgan fingerprint density at radius 3 is 1.87 bits per heavy atom. The Morgan fingerprint density at radius 1 is 1.09 bits per heavy atom. The number of carbonyl (C=O) groups is 2. The van der Waals surface area contributed by atoms with Crippen LogP contribution in [0, 0.1) is 5.92 Å². The highest BCUT2D eigenvalue weighted by Gasteiger charge is 2.42. The number of aromatic carboxylic acids is 2. The van der Waals surface area contributed by atoms with Crippen LogP contribution < -0.4 is 0 Å². The molecule has 2 N–H and O–H groups in total. The van der Waals surface area contributed by atoms with E-state index in [1.807, 2.05) is 0 Å². The van der Waals surface area contributed by atoms with Gasteiger partial charge in [0.15, 0.2) is 5.69 Å². The smallest absolute Gasteiger partial charge is 0.434 e. The summed E-state index contributed by atoms with van der Waals surface area (Å²) in [4.78, 5) is 25.0. The van der Waals surface area contributed by atoms with Crippen LogP contribution in [-0.4, -0.2) is 27.1 Å². The number of halogens is 5. The van der Waals surface area contributed by atoms with E-state index in [1.54, 1.807) is 0 Å². The van der Waals surface area contributed by atoms with Gasteiger partial charge in [0.1, 0.15) is 5.69 Å². The highest BCUT2D eigenvalue weighted by molar-refractivity contribution is 5.98. The minimum Gasteiger partial charge on any atom is -0.478 e. The lowest BCUT2D eigenvalue weighted by atomic mass is 9.91.